The van der Waals surface area contributed by atoms with Crippen LogP contribution in [0, 0.1) is 23.5 Å². The average Bonchev–Trinajstić information content (AvgIpc) is 3.30. The number of pyridine rings is 1. The van der Waals surface area contributed by atoms with E-state index in [-0.39, 0.29) is 12.3 Å². The van der Waals surface area contributed by atoms with Crippen molar-refractivity contribution in [1.82, 2.24) is 25.6 Å². The van der Waals surface area contributed by atoms with E-state index in [0.717, 1.165) is 11.6 Å². The lowest BCUT2D eigenvalue weighted by Crippen LogP contribution is -2.36. The average molecular weight is 568 g/mol. The fraction of sp³-hybridized carbons (Fsp3) is 0.219. The summed E-state index contributed by atoms with van der Waals surface area (Å²) < 4.78 is 33.8. The van der Waals surface area contributed by atoms with Crippen molar-refractivity contribution in [2.24, 2.45) is 0 Å². The summed E-state index contributed by atoms with van der Waals surface area (Å²) in [6.07, 6.45) is 3.79. The first-order valence-corrected chi connectivity index (χ1v) is 13.2. The van der Waals surface area contributed by atoms with E-state index in [9.17, 15) is 18.4 Å². The van der Waals surface area contributed by atoms with Crippen LogP contribution in [0.15, 0.2) is 67.3 Å². The molecule has 3 heterocycles. The van der Waals surface area contributed by atoms with E-state index < -0.39 is 29.4 Å². The smallest absolute Gasteiger partial charge is 0.408 e. The highest BCUT2D eigenvalue weighted by Crippen LogP contribution is 2.32. The van der Waals surface area contributed by atoms with Crippen molar-refractivity contribution in [2.45, 2.75) is 45.4 Å². The Morgan fingerprint density at radius 3 is 2.48 bits per heavy atom. The van der Waals surface area contributed by atoms with Crippen molar-refractivity contribution < 1.29 is 23.1 Å². The summed E-state index contributed by atoms with van der Waals surface area (Å²) in [5.41, 5.74) is 3.50. The van der Waals surface area contributed by atoms with Crippen molar-refractivity contribution in [3.8, 4) is 23.0 Å². The minimum atomic E-state index is -0.889. The number of halogens is 2. The number of nitrogens with zero attached hydrogens (tertiary/aromatic N) is 3. The molecule has 0 fully saturated rings. The summed E-state index contributed by atoms with van der Waals surface area (Å²) in [6, 6.07) is 11.3. The zero-order chi connectivity index (χ0) is 29.9. The Morgan fingerprint density at radius 1 is 1.02 bits per heavy atom. The molecule has 8 nitrogen and oxygen atoms in total. The van der Waals surface area contributed by atoms with Gasteiger partial charge in [-0.05, 0) is 80.1 Å². The van der Waals surface area contributed by atoms with E-state index in [2.05, 4.69) is 32.4 Å². The van der Waals surface area contributed by atoms with Crippen molar-refractivity contribution in [2.75, 3.05) is 0 Å². The molecule has 0 spiro atoms. The Bertz CT molecular complexity index is 1710. The maximum Gasteiger partial charge on any atom is 0.408 e. The molecule has 0 saturated carbocycles. The number of hydrogen-bond acceptors (Lipinski definition) is 6. The Hall–Kier alpha value is -5.17. The molecule has 212 valence electrons. The second-order valence-corrected chi connectivity index (χ2v) is 10.7. The van der Waals surface area contributed by atoms with Crippen LogP contribution in [-0.4, -0.2) is 32.6 Å². The van der Waals surface area contributed by atoms with Crippen LogP contribution in [0.2, 0.25) is 0 Å². The third-order valence-electron chi connectivity index (χ3n) is 6.31. The molecule has 4 aromatic rings. The summed E-state index contributed by atoms with van der Waals surface area (Å²) >= 11 is 0. The summed E-state index contributed by atoms with van der Waals surface area (Å²) in [6.45, 7) is 5.62. The zero-order valence-corrected chi connectivity index (χ0v) is 23.2. The molecule has 10 heteroatoms. The number of carbonyl (C=O) groups excluding carboxylic acids is 2. The lowest BCUT2D eigenvalue weighted by molar-refractivity contribution is 0.0502. The summed E-state index contributed by atoms with van der Waals surface area (Å²) in [4.78, 5) is 38.2. The second-order valence-electron chi connectivity index (χ2n) is 10.7. The minimum Gasteiger partial charge on any atom is -0.444 e. The number of benzene rings is 2. The molecule has 1 atom stereocenters. The van der Waals surface area contributed by atoms with Gasteiger partial charge < -0.3 is 15.4 Å². The molecule has 2 amide bonds. The Labute approximate surface area is 241 Å². The van der Waals surface area contributed by atoms with Gasteiger partial charge in [0.15, 0.2) is 0 Å². The molecular formula is C32H27F2N5O3. The number of fused-ring (bicyclic) bond motifs is 1. The summed E-state index contributed by atoms with van der Waals surface area (Å²) in [5, 5.41) is 5.64. The van der Waals surface area contributed by atoms with E-state index in [1.165, 1.54) is 18.5 Å². The molecule has 1 aliphatic rings. The van der Waals surface area contributed by atoms with Gasteiger partial charge in [-0.2, -0.15) is 0 Å². The van der Waals surface area contributed by atoms with Crippen LogP contribution in [-0.2, 0) is 17.7 Å². The molecule has 0 radical (unpaired) electrons. The number of alkyl carbamates (subject to hydrolysis) is 1. The number of amides is 2. The van der Waals surface area contributed by atoms with Crippen LogP contribution in [0.25, 0.3) is 11.1 Å². The van der Waals surface area contributed by atoms with Crippen LogP contribution in [0.3, 0.4) is 0 Å². The van der Waals surface area contributed by atoms with Gasteiger partial charge in [-0.3, -0.25) is 4.79 Å². The lowest BCUT2D eigenvalue weighted by atomic mass is 9.93. The van der Waals surface area contributed by atoms with E-state index in [0.29, 0.717) is 45.7 Å². The second kappa shape index (κ2) is 11.7. The molecule has 0 bridgehead atoms. The fourth-order valence-electron chi connectivity index (χ4n) is 4.56. The Morgan fingerprint density at radius 2 is 1.76 bits per heavy atom. The number of aromatic nitrogens is 3. The van der Waals surface area contributed by atoms with Crippen LogP contribution < -0.4 is 10.6 Å². The predicted octanol–water partition coefficient (Wildman–Crippen LogP) is 5.27. The van der Waals surface area contributed by atoms with Gasteiger partial charge in [0.2, 0.25) is 0 Å². The third kappa shape index (κ3) is 6.93. The maximum atomic E-state index is 14.2. The van der Waals surface area contributed by atoms with E-state index >= 15 is 0 Å². The van der Waals surface area contributed by atoms with Gasteiger partial charge in [0.25, 0.3) is 5.91 Å². The van der Waals surface area contributed by atoms with Crippen molar-refractivity contribution in [3.05, 3.63) is 113 Å². The van der Waals surface area contributed by atoms with Gasteiger partial charge in [0, 0.05) is 36.1 Å². The highest BCUT2D eigenvalue weighted by molar-refractivity contribution is 5.99. The van der Waals surface area contributed by atoms with Gasteiger partial charge in [-0.1, -0.05) is 18.1 Å². The lowest BCUT2D eigenvalue weighted by Gasteiger charge is -2.25. The third-order valence-corrected chi connectivity index (χ3v) is 6.31. The minimum absolute atomic E-state index is 0.0112. The van der Waals surface area contributed by atoms with Crippen molar-refractivity contribution in [3.63, 3.8) is 0 Å². The molecular weight excluding hydrogens is 540 g/mol. The summed E-state index contributed by atoms with van der Waals surface area (Å²) in [5.74, 6) is 4.27. The normalized spacial score (nSPS) is 12.9. The number of carbonyl (C=O) groups is 2. The summed E-state index contributed by atoms with van der Waals surface area (Å²) in [7, 11) is 0. The topological polar surface area (TPSA) is 106 Å². The molecule has 42 heavy (non-hydrogen) atoms. The first kappa shape index (κ1) is 28.4. The number of rotatable bonds is 5. The number of ether oxygens (including phenoxy) is 1. The van der Waals surface area contributed by atoms with Crippen molar-refractivity contribution in [1.29, 1.82) is 0 Å². The SMILES string of the molecule is CC(C)(C)OC(=O)N[C@@H](Cc1cc(F)cc(F)c1)c1nc(C#Cc2cncnc2)ccc1-c1ccc2c(c1)C(=O)NC2. The first-order chi connectivity index (χ1) is 20.0. The van der Waals surface area contributed by atoms with E-state index in [1.807, 2.05) is 12.1 Å². The molecule has 5 rings (SSSR count). The predicted molar refractivity (Wildman–Crippen MR) is 151 cm³/mol. The molecule has 0 saturated heterocycles. The molecule has 1 aliphatic heterocycles. The molecule has 0 unspecified atom stereocenters. The van der Waals surface area contributed by atoms with Crippen LogP contribution in [0.1, 0.15) is 65.2 Å². The number of nitrogens with one attached hydrogen (secondary N) is 2. The quantitative estimate of drug-likeness (QED) is 0.319. The standard InChI is InChI=1S/C32H27F2N5O3/c1-32(2,3)42-31(41)39-28(12-20-10-23(33)14-24(34)11-20)29-26(21-5-6-22-17-37-30(40)27(22)13-21)9-8-25(38-29)7-4-19-15-35-18-36-16-19/h5-6,8-11,13-16,18,28H,12,17H2,1-3H3,(H,37,40)(H,39,41)/t28-/m0/s1. The zero-order valence-electron chi connectivity index (χ0n) is 23.2. The van der Waals surface area contributed by atoms with Gasteiger partial charge in [0.1, 0.15) is 29.3 Å². The molecule has 2 N–H and O–H groups in total. The van der Waals surface area contributed by atoms with Gasteiger partial charge >= 0.3 is 6.09 Å². The Kier molecular flexibility index (Phi) is 7.93. The molecule has 0 aliphatic carbocycles. The van der Waals surface area contributed by atoms with Gasteiger partial charge in [-0.25, -0.2) is 28.5 Å². The van der Waals surface area contributed by atoms with Crippen LogP contribution in [0.5, 0.6) is 0 Å². The van der Waals surface area contributed by atoms with Crippen LogP contribution in [0.4, 0.5) is 13.6 Å². The van der Waals surface area contributed by atoms with Crippen molar-refractivity contribution >= 4 is 12.0 Å². The van der Waals surface area contributed by atoms with E-state index in [1.54, 1.807) is 51.4 Å². The Balaban J connectivity index is 1.64. The highest BCUT2D eigenvalue weighted by Gasteiger charge is 2.26. The first-order valence-electron chi connectivity index (χ1n) is 13.2. The monoisotopic (exact) mass is 567 g/mol. The van der Waals surface area contributed by atoms with E-state index in [4.69, 9.17) is 9.72 Å². The highest BCUT2D eigenvalue weighted by atomic mass is 19.1. The molecule has 2 aromatic carbocycles. The fourth-order valence-corrected chi connectivity index (χ4v) is 4.56. The van der Waals surface area contributed by atoms with Gasteiger partial charge in [-0.15, -0.1) is 0 Å². The van der Waals surface area contributed by atoms with Crippen LogP contribution >= 0.6 is 0 Å². The number of hydrogen-bond donors (Lipinski definition) is 2. The maximum absolute atomic E-state index is 14.2. The largest absolute Gasteiger partial charge is 0.444 e. The molecule has 2 aromatic heterocycles. The van der Waals surface area contributed by atoms with Gasteiger partial charge in [0.05, 0.1) is 17.3 Å².